The number of nitriles is 1. The lowest BCUT2D eigenvalue weighted by Crippen LogP contribution is -2.37. The number of rotatable bonds is 4. The molecule has 0 bridgehead atoms. The van der Waals surface area contributed by atoms with E-state index in [2.05, 4.69) is 6.07 Å². The number of hydrogen-bond donors (Lipinski definition) is 0. The van der Waals surface area contributed by atoms with Gasteiger partial charge in [0.2, 0.25) is 0 Å². The van der Waals surface area contributed by atoms with E-state index in [4.69, 9.17) is 9.47 Å². The van der Waals surface area contributed by atoms with E-state index in [0.717, 1.165) is 0 Å². The lowest BCUT2D eigenvalue weighted by Gasteiger charge is -2.30. The summed E-state index contributed by atoms with van der Waals surface area (Å²) in [6, 6.07) is 8.00. The van der Waals surface area contributed by atoms with Crippen LogP contribution in [-0.4, -0.2) is 17.6 Å². The highest BCUT2D eigenvalue weighted by Gasteiger charge is 2.42. The van der Waals surface area contributed by atoms with Crippen LogP contribution in [0.15, 0.2) is 36.4 Å². The van der Waals surface area contributed by atoms with Crippen LogP contribution in [0.2, 0.25) is 0 Å². The van der Waals surface area contributed by atoms with E-state index in [1.165, 1.54) is 0 Å². The second-order valence-corrected chi connectivity index (χ2v) is 7.04. The monoisotopic (exact) mass is 428 g/mol. The molecule has 2 atom stereocenters. The molecule has 1 aliphatic rings. The van der Waals surface area contributed by atoms with Crippen LogP contribution in [0, 0.1) is 38.9 Å². The summed E-state index contributed by atoms with van der Waals surface area (Å²) in [6.07, 6.45) is -1.58. The van der Waals surface area contributed by atoms with Crippen molar-refractivity contribution in [1.82, 2.24) is 0 Å². The van der Waals surface area contributed by atoms with Crippen molar-refractivity contribution in [2.24, 2.45) is 0 Å². The van der Waals surface area contributed by atoms with E-state index in [0.29, 0.717) is 46.4 Å². The predicted octanol–water partition coefficient (Wildman–Crippen LogP) is 4.85. The maximum Gasteiger partial charge on any atom is 0.257 e. The number of fused-ring (bicyclic) bond motifs is 3. The third-order valence-corrected chi connectivity index (χ3v) is 5.24. The highest BCUT2D eigenvalue weighted by Crippen LogP contribution is 2.42. The minimum Gasteiger partial charge on any atom is -0.492 e. The fraction of sp³-hybridized carbons (Fsp3) is 0.227. The Balaban J connectivity index is 1.87. The van der Waals surface area contributed by atoms with Gasteiger partial charge in [0.1, 0.15) is 23.4 Å². The Morgan fingerprint density at radius 1 is 1.19 bits per heavy atom. The molecule has 4 rings (SSSR count). The Labute approximate surface area is 174 Å². The summed E-state index contributed by atoms with van der Waals surface area (Å²) in [5.74, 6) is -3.25. The first-order chi connectivity index (χ1) is 14.8. The number of nitrogens with zero attached hydrogens (tertiary/aromatic N) is 2. The number of halogens is 3. The third kappa shape index (κ3) is 3.50. The highest BCUT2D eigenvalue weighted by molar-refractivity contribution is 5.91. The van der Waals surface area contributed by atoms with Crippen molar-refractivity contribution in [3.8, 4) is 17.6 Å². The molecule has 0 spiro atoms. The van der Waals surface area contributed by atoms with Gasteiger partial charge < -0.3 is 9.47 Å². The van der Waals surface area contributed by atoms with Gasteiger partial charge in [0.25, 0.3) is 6.04 Å². The standard InChI is InChI=1S/C22H15F3N2O4/c1-2-30-21-8-13-11(5-12(21)10-26)3-4-20-14(13)7-19(27(28)29)22(31-20)15-6-17(24)18(25)9-16(15)23/h3-6,8-9,19,22H,2,7H2,1H3. The number of ether oxygens (including phenoxy) is 2. The molecule has 1 heterocycles. The van der Waals surface area contributed by atoms with Gasteiger partial charge in [-0.2, -0.15) is 5.26 Å². The van der Waals surface area contributed by atoms with Crippen molar-refractivity contribution >= 4 is 10.8 Å². The van der Waals surface area contributed by atoms with Gasteiger partial charge in [-0.15, -0.1) is 0 Å². The van der Waals surface area contributed by atoms with Gasteiger partial charge in [0, 0.05) is 28.5 Å². The summed E-state index contributed by atoms with van der Waals surface area (Å²) < 4.78 is 52.7. The quantitative estimate of drug-likeness (QED) is 0.337. The smallest absolute Gasteiger partial charge is 0.257 e. The summed E-state index contributed by atoms with van der Waals surface area (Å²) in [4.78, 5) is 11.2. The molecule has 0 N–H and O–H groups in total. The minimum atomic E-state index is -1.44. The van der Waals surface area contributed by atoms with Gasteiger partial charge in [-0.1, -0.05) is 6.07 Å². The summed E-state index contributed by atoms with van der Waals surface area (Å²) in [7, 11) is 0. The molecule has 9 heteroatoms. The van der Waals surface area contributed by atoms with Crippen LogP contribution in [-0.2, 0) is 6.42 Å². The van der Waals surface area contributed by atoms with Crippen LogP contribution in [0.25, 0.3) is 10.8 Å². The van der Waals surface area contributed by atoms with Gasteiger partial charge in [0.05, 0.1) is 12.2 Å². The molecule has 0 radical (unpaired) electrons. The Hall–Kier alpha value is -3.80. The van der Waals surface area contributed by atoms with E-state index in [1.807, 2.05) is 0 Å². The number of nitro groups is 1. The van der Waals surface area contributed by atoms with Gasteiger partial charge in [-0.25, -0.2) is 13.2 Å². The molecule has 0 aromatic heterocycles. The van der Waals surface area contributed by atoms with Crippen molar-refractivity contribution < 1.29 is 27.6 Å². The lowest BCUT2D eigenvalue weighted by molar-refractivity contribution is -0.535. The van der Waals surface area contributed by atoms with Crippen LogP contribution < -0.4 is 9.47 Å². The molecule has 3 aromatic rings. The van der Waals surface area contributed by atoms with Crippen molar-refractivity contribution in [3.63, 3.8) is 0 Å². The molecule has 0 saturated heterocycles. The lowest BCUT2D eigenvalue weighted by atomic mass is 9.89. The number of benzene rings is 3. The van der Waals surface area contributed by atoms with Crippen LogP contribution in [0.3, 0.4) is 0 Å². The van der Waals surface area contributed by atoms with Crippen LogP contribution in [0.1, 0.15) is 29.7 Å². The highest BCUT2D eigenvalue weighted by atomic mass is 19.2. The van der Waals surface area contributed by atoms with E-state index in [1.54, 1.807) is 31.2 Å². The Morgan fingerprint density at radius 3 is 2.61 bits per heavy atom. The summed E-state index contributed by atoms with van der Waals surface area (Å²) in [5, 5.41) is 22.4. The normalized spacial score (nSPS) is 17.5. The van der Waals surface area contributed by atoms with Crippen LogP contribution in [0.5, 0.6) is 11.5 Å². The predicted molar refractivity (Wildman–Crippen MR) is 104 cm³/mol. The van der Waals surface area contributed by atoms with Gasteiger partial charge >= 0.3 is 0 Å². The van der Waals surface area contributed by atoms with Crippen LogP contribution in [0.4, 0.5) is 13.2 Å². The van der Waals surface area contributed by atoms with E-state index in [9.17, 15) is 28.5 Å². The van der Waals surface area contributed by atoms with Gasteiger partial charge in [0.15, 0.2) is 17.7 Å². The Morgan fingerprint density at radius 2 is 1.94 bits per heavy atom. The second kappa shape index (κ2) is 7.80. The first kappa shape index (κ1) is 20.5. The molecular weight excluding hydrogens is 413 g/mol. The topological polar surface area (TPSA) is 85.4 Å². The van der Waals surface area contributed by atoms with E-state index in [-0.39, 0.29) is 12.2 Å². The largest absolute Gasteiger partial charge is 0.492 e. The molecular formula is C22H15F3N2O4. The van der Waals surface area contributed by atoms with Gasteiger partial charge in [-0.3, -0.25) is 10.1 Å². The van der Waals surface area contributed by atoms with E-state index < -0.39 is 40.1 Å². The molecule has 31 heavy (non-hydrogen) atoms. The fourth-order valence-electron chi connectivity index (χ4n) is 3.82. The van der Waals surface area contributed by atoms with Gasteiger partial charge in [-0.05, 0) is 42.0 Å². The molecule has 0 saturated carbocycles. The Kier molecular flexibility index (Phi) is 5.15. The van der Waals surface area contributed by atoms with E-state index >= 15 is 0 Å². The maximum absolute atomic E-state index is 14.3. The molecule has 6 nitrogen and oxygen atoms in total. The zero-order valence-corrected chi connectivity index (χ0v) is 16.2. The zero-order chi connectivity index (χ0) is 22.3. The molecule has 3 aromatic carbocycles. The van der Waals surface area contributed by atoms with Crippen molar-refractivity contribution in [3.05, 3.63) is 80.7 Å². The molecule has 0 fully saturated rings. The second-order valence-electron chi connectivity index (χ2n) is 7.04. The van der Waals surface area contributed by atoms with Crippen molar-refractivity contribution in [2.45, 2.75) is 25.5 Å². The summed E-state index contributed by atoms with van der Waals surface area (Å²) >= 11 is 0. The minimum absolute atomic E-state index is 0.139. The van der Waals surface area contributed by atoms with Crippen molar-refractivity contribution in [2.75, 3.05) is 6.61 Å². The summed E-state index contributed by atoms with van der Waals surface area (Å²) in [6.45, 7) is 2.08. The first-order valence-corrected chi connectivity index (χ1v) is 9.41. The molecule has 2 unspecified atom stereocenters. The van der Waals surface area contributed by atoms with Crippen LogP contribution >= 0.6 is 0 Å². The first-order valence-electron chi connectivity index (χ1n) is 9.41. The average molecular weight is 428 g/mol. The SMILES string of the molecule is CCOc1cc2c3c(ccc2cc1C#N)OC(c1cc(F)c(F)cc1F)C([N+](=O)[O-])C3. The summed E-state index contributed by atoms with van der Waals surface area (Å²) in [5.41, 5.74) is 0.378. The third-order valence-electron chi connectivity index (χ3n) is 5.24. The Bertz CT molecular complexity index is 1260. The zero-order valence-electron chi connectivity index (χ0n) is 16.2. The molecule has 1 aliphatic heterocycles. The van der Waals surface area contributed by atoms with Crippen molar-refractivity contribution in [1.29, 1.82) is 5.26 Å². The average Bonchev–Trinajstić information content (AvgIpc) is 2.75. The fourth-order valence-corrected chi connectivity index (χ4v) is 3.82. The maximum atomic E-state index is 14.3. The molecule has 158 valence electrons. The molecule has 0 amide bonds. The number of hydrogen-bond acceptors (Lipinski definition) is 5. The molecule has 0 aliphatic carbocycles.